The van der Waals surface area contributed by atoms with Crippen molar-refractivity contribution in [1.82, 2.24) is 20.9 Å². The molecule has 9 nitrogen and oxygen atoms in total. The molecular weight excluding hydrogens is 527 g/mol. The first-order valence-corrected chi connectivity index (χ1v) is 13.9. The Morgan fingerprint density at radius 2 is 1.76 bits per heavy atom. The summed E-state index contributed by atoms with van der Waals surface area (Å²) in [4.78, 5) is 39.4. The van der Waals surface area contributed by atoms with Crippen molar-refractivity contribution in [2.45, 2.75) is 52.3 Å². The number of aryl methyl sites for hydroxylation is 1. The maximum Gasteiger partial charge on any atom is 0.245 e. The summed E-state index contributed by atoms with van der Waals surface area (Å²) >= 11 is 0. The van der Waals surface area contributed by atoms with Crippen LogP contribution >= 0.6 is 0 Å². The summed E-state index contributed by atoms with van der Waals surface area (Å²) in [5.41, 5.74) is 1.96. The summed E-state index contributed by atoms with van der Waals surface area (Å²) in [6.45, 7) is 8.10. The summed E-state index contributed by atoms with van der Waals surface area (Å²) in [6.07, 6.45) is 3.28. The minimum atomic E-state index is -1.12. The third-order valence-corrected chi connectivity index (χ3v) is 6.76. The lowest BCUT2D eigenvalue weighted by atomic mass is 9.96. The first kappa shape index (κ1) is 33.4. The van der Waals surface area contributed by atoms with Gasteiger partial charge in [0.15, 0.2) is 0 Å². The number of hydrogen-bond donors (Lipinski definition) is 4. The van der Waals surface area contributed by atoms with Crippen molar-refractivity contribution in [2.24, 2.45) is 5.92 Å². The molecule has 1 aliphatic heterocycles. The summed E-state index contributed by atoms with van der Waals surface area (Å²) in [5, 5.41) is 18.7. The molecule has 0 bridgehead atoms. The predicted molar refractivity (Wildman–Crippen MR) is 158 cm³/mol. The quantitative estimate of drug-likeness (QED) is 0.451. The van der Waals surface area contributed by atoms with Crippen molar-refractivity contribution in [2.75, 3.05) is 33.3 Å². The zero-order valence-electron chi connectivity index (χ0n) is 24.5. The number of benzene rings is 2. The molecule has 2 aromatic rings. The van der Waals surface area contributed by atoms with E-state index in [4.69, 9.17) is 4.74 Å². The molecule has 0 saturated carbocycles. The number of nitrogens with one attached hydrogen (secondary N) is 3. The number of fused-ring (bicyclic) bond motifs is 1. The molecule has 0 saturated heterocycles. The van der Waals surface area contributed by atoms with Gasteiger partial charge in [0.05, 0.1) is 18.7 Å². The van der Waals surface area contributed by atoms with Crippen molar-refractivity contribution < 1.29 is 28.6 Å². The molecular formula is C31H43FN4O5. The maximum absolute atomic E-state index is 13.3. The van der Waals surface area contributed by atoms with Gasteiger partial charge in [-0.3, -0.25) is 14.4 Å². The molecule has 0 fully saturated rings. The standard InChI is InChI=1S/C24H36N4O5.C7H7F/c1-5-16(2)21-24(32)28(4)22(17(3)29)23(31)27-15-20(30)25-12-8-10-18-9-6-7-11-19(18)33-14-13-26-21;1-6-2-4-7(8)5-3-6/h6-11,16-17,21-22,26,29H,5,12-15H2,1-4H3,(H,25,30)(H,27,31);2-5H,1H3/b10-8+;. The molecule has 1 aliphatic rings. The highest BCUT2D eigenvalue weighted by atomic mass is 19.1. The number of nitrogens with zero attached hydrogens (tertiary/aromatic N) is 1. The van der Waals surface area contributed by atoms with Gasteiger partial charge in [-0.15, -0.1) is 0 Å². The van der Waals surface area contributed by atoms with Crippen LogP contribution in [0.25, 0.3) is 6.08 Å². The van der Waals surface area contributed by atoms with Gasteiger partial charge < -0.3 is 30.7 Å². The molecule has 2 aromatic carbocycles. The number of aliphatic hydroxyl groups excluding tert-OH is 1. The van der Waals surface area contributed by atoms with E-state index in [1.165, 1.54) is 31.0 Å². The van der Waals surface area contributed by atoms with Crippen LogP contribution in [0.4, 0.5) is 4.39 Å². The lowest BCUT2D eigenvalue weighted by Crippen LogP contribution is -2.59. The molecule has 0 aromatic heterocycles. The van der Waals surface area contributed by atoms with Crippen molar-refractivity contribution in [3.8, 4) is 5.75 Å². The molecule has 0 radical (unpaired) electrons. The number of likely N-dealkylation sites (N-methyl/N-ethyl adjacent to an activating group) is 1. The number of carbonyl (C=O) groups excluding carboxylic acids is 3. The molecule has 224 valence electrons. The summed E-state index contributed by atoms with van der Waals surface area (Å²) in [6, 6.07) is 12.3. The van der Waals surface area contributed by atoms with Crippen molar-refractivity contribution in [3.63, 3.8) is 0 Å². The Labute approximate surface area is 242 Å². The number of carbonyl (C=O) groups is 3. The van der Waals surface area contributed by atoms with E-state index in [0.717, 1.165) is 17.5 Å². The first-order chi connectivity index (χ1) is 19.5. The van der Waals surface area contributed by atoms with E-state index in [1.54, 1.807) is 18.2 Å². The number of rotatable bonds is 3. The smallest absolute Gasteiger partial charge is 0.245 e. The summed E-state index contributed by atoms with van der Waals surface area (Å²) in [5.74, 6) is -0.754. The van der Waals surface area contributed by atoms with E-state index in [0.29, 0.717) is 18.9 Å². The Balaban J connectivity index is 0.000000629. The SMILES string of the molecule is CCC(C)C1NCCOc2ccccc2/C=C/CNC(=O)CNC(=O)C(C(C)O)N(C)C1=O.Cc1ccc(F)cc1. The van der Waals surface area contributed by atoms with Crippen LogP contribution < -0.4 is 20.7 Å². The topological polar surface area (TPSA) is 120 Å². The van der Waals surface area contributed by atoms with Crippen LogP contribution in [-0.2, 0) is 14.4 Å². The fraction of sp³-hybridized carbons (Fsp3) is 0.452. The molecule has 0 spiro atoms. The van der Waals surface area contributed by atoms with Crippen LogP contribution in [0.5, 0.6) is 5.75 Å². The van der Waals surface area contributed by atoms with Gasteiger partial charge in [-0.25, -0.2) is 4.39 Å². The second kappa shape index (κ2) is 17.1. The Morgan fingerprint density at radius 3 is 2.39 bits per heavy atom. The van der Waals surface area contributed by atoms with Crippen LogP contribution in [0.15, 0.2) is 54.6 Å². The third kappa shape index (κ3) is 11.0. The molecule has 3 amide bonds. The van der Waals surface area contributed by atoms with Crippen molar-refractivity contribution in [3.05, 3.63) is 71.6 Å². The Kier molecular flexibility index (Phi) is 14.0. The highest BCUT2D eigenvalue weighted by Crippen LogP contribution is 2.19. The zero-order valence-corrected chi connectivity index (χ0v) is 24.5. The van der Waals surface area contributed by atoms with Gasteiger partial charge >= 0.3 is 0 Å². The van der Waals surface area contributed by atoms with E-state index in [2.05, 4.69) is 16.0 Å². The van der Waals surface area contributed by atoms with E-state index in [9.17, 15) is 23.9 Å². The molecule has 3 rings (SSSR count). The van der Waals surface area contributed by atoms with Crippen LogP contribution in [0.3, 0.4) is 0 Å². The van der Waals surface area contributed by atoms with E-state index in [-0.39, 0.29) is 36.6 Å². The highest BCUT2D eigenvalue weighted by Gasteiger charge is 2.35. The highest BCUT2D eigenvalue weighted by molar-refractivity contribution is 5.92. The molecule has 4 unspecified atom stereocenters. The van der Waals surface area contributed by atoms with Gasteiger partial charge in [-0.1, -0.05) is 68.3 Å². The minimum absolute atomic E-state index is 0.00995. The van der Waals surface area contributed by atoms with Gasteiger partial charge in [0.2, 0.25) is 17.7 Å². The number of hydrogen-bond acceptors (Lipinski definition) is 6. The van der Waals surface area contributed by atoms with Crippen LogP contribution in [0.2, 0.25) is 0 Å². The number of aliphatic hydroxyl groups is 1. The zero-order chi connectivity index (χ0) is 30.4. The average molecular weight is 571 g/mol. The number of ether oxygens (including phenoxy) is 1. The molecule has 41 heavy (non-hydrogen) atoms. The number of halogens is 1. The fourth-order valence-corrected chi connectivity index (χ4v) is 4.19. The largest absolute Gasteiger partial charge is 0.492 e. The number of amides is 3. The third-order valence-electron chi connectivity index (χ3n) is 6.76. The lowest BCUT2D eigenvalue weighted by Gasteiger charge is -2.34. The predicted octanol–water partition coefficient (Wildman–Crippen LogP) is 2.67. The number of para-hydroxylation sites is 1. The second-order valence-electron chi connectivity index (χ2n) is 10.1. The molecule has 4 atom stereocenters. The van der Waals surface area contributed by atoms with Gasteiger partial charge in [-0.05, 0) is 38.0 Å². The van der Waals surface area contributed by atoms with Crippen LogP contribution in [-0.4, -0.2) is 79.2 Å². The van der Waals surface area contributed by atoms with Gasteiger partial charge in [0.1, 0.15) is 24.2 Å². The second-order valence-corrected chi connectivity index (χ2v) is 10.1. The van der Waals surface area contributed by atoms with Crippen molar-refractivity contribution >= 4 is 23.8 Å². The average Bonchev–Trinajstić information content (AvgIpc) is 2.95. The normalized spacial score (nSPS) is 21.3. The van der Waals surface area contributed by atoms with Gasteiger partial charge in [0.25, 0.3) is 0 Å². The Hall–Kier alpha value is -3.76. The maximum atomic E-state index is 13.3. The molecule has 0 aliphatic carbocycles. The monoisotopic (exact) mass is 570 g/mol. The molecule has 4 N–H and O–H groups in total. The lowest BCUT2D eigenvalue weighted by molar-refractivity contribution is -0.145. The summed E-state index contributed by atoms with van der Waals surface area (Å²) < 4.78 is 18.0. The first-order valence-electron chi connectivity index (χ1n) is 13.9. The molecule has 1 heterocycles. The molecule has 10 heteroatoms. The summed E-state index contributed by atoms with van der Waals surface area (Å²) in [7, 11) is 1.49. The van der Waals surface area contributed by atoms with E-state index < -0.39 is 24.1 Å². The Morgan fingerprint density at radius 1 is 1.07 bits per heavy atom. The van der Waals surface area contributed by atoms with E-state index >= 15 is 0 Å². The van der Waals surface area contributed by atoms with E-state index in [1.807, 2.05) is 51.1 Å². The van der Waals surface area contributed by atoms with Crippen LogP contribution in [0, 0.1) is 18.7 Å². The Bertz CT molecular complexity index is 1130. The van der Waals surface area contributed by atoms with Crippen molar-refractivity contribution in [1.29, 1.82) is 0 Å². The van der Waals surface area contributed by atoms with Gasteiger partial charge in [-0.2, -0.15) is 0 Å². The van der Waals surface area contributed by atoms with Gasteiger partial charge in [0, 0.05) is 25.7 Å². The van der Waals surface area contributed by atoms with Crippen LogP contribution in [0.1, 0.15) is 38.3 Å². The fourth-order valence-electron chi connectivity index (χ4n) is 4.19. The minimum Gasteiger partial charge on any atom is -0.492 e.